The van der Waals surface area contributed by atoms with Gasteiger partial charge in [-0.15, -0.1) is 24.8 Å². The Morgan fingerprint density at radius 1 is 1.14 bits per heavy atom. The number of aryl methyl sites for hydroxylation is 1. The van der Waals surface area contributed by atoms with Crippen LogP contribution in [0.15, 0.2) is 18.2 Å². The summed E-state index contributed by atoms with van der Waals surface area (Å²) in [7, 11) is 0. The van der Waals surface area contributed by atoms with Gasteiger partial charge in [-0.2, -0.15) is 0 Å². The van der Waals surface area contributed by atoms with Crippen molar-refractivity contribution in [1.82, 2.24) is 10.2 Å². The molecule has 1 saturated carbocycles. The van der Waals surface area contributed by atoms with Crippen LogP contribution in [0.3, 0.4) is 0 Å². The molecule has 2 nitrogen and oxygen atoms in total. The van der Waals surface area contributed by atoms with Crippen molar-refractivity contribution in [2.45, 2.75) is 38.6 Å². The molecule has 2 fully saturated rings. The number of nitrogens with one attached hydrogen (secondary N) is 1. The second kappa shape index (κ2) is 9.07. The van der Waals surface area contributed by atoms with Gasteiger partial charge in [0.05, 0.1) is 0 Å². The van der Waals surface area contributed by atoms with Crippen molar-refractivity contribution in [3.63, 3.8) is 0 Å². The number of benzene rings is 1. The predicted molar refractivity (Wildman–Crippen MR) is 94.8 cm³/mol. The van der Waals surface area contributed by atoms with Crippen LogP contribution in [0.25, 0.3) is 0 Å². The van der Waals surface area contributed by atoms with Crippen LogP contribution in [0.1, 0.15) is 42.9 Å². The molecule has 0 aromatic heterocycles. The van der Waals surface area contributed by atoms with E-state index >= 15 is 0 Å². The van der Waals surface area contributed by atoms with Crippen LogP contribution in [0.4, 0.5) is 4.39 Å². The standard InChI is InChI=1S/C17H25FN2.2ClH/c1-13-6-7-15(16(18)12-13)17(14-4-2-3-5-14)20-10-8-19-9-11-20;;/h6-7,12,14,17,19H,2-5,8-11H2,1H3;2*1H/t17-;;/m1../s1. The van der Waals surface area contributed by atoms with Gasteiger partial charge in [0.1, 0.15) is 5.82 Å². The van der Waals surface area contributed by atoms with Crippen molar-refractivity contribution in [1.29, 1.82) is 0 Å². The fourth-order valence-corrected chi connectivity index (χ4v) is 3.85. The fourth-order valence-electron chi connectivity index (χ4n) is 3.85. The first-order valence-electron chi connectivity index (χ1n) is 7.96. The van der Waals surface area contributed by atoms with E-state index in [1.165, 1.54) is 25.7 Å². The molecule has 1 aliphatic carbocycles. The number of nitrogens with zero attached hydrogens (tertiary/aromatic N) is 1. The Kier molecular flexibility index (Phi) is 8.12. The van der Waals surface area contributed by atoms with Crippen LogP contribution in [-0.2, 0) is 0 Å². The summed E-state index contributed by atoms with van der Waals surface area (Å²) in [6, 6.07) is 6.05. The summed E-state index contributed by atoms with van der Waals surface area (Å²) in [5.74, 6) is 0.616. The van der Waals surface area contributed by atoms with E-state index in [9.17, 15) is 4.39 Å². The molecule has 0 unspecified atom stereocenters. The summed E-state index contributed by atoms with van der Waals surface area (Å²) >= 11 is 0. The molecule has 0 radical (unpaired) electrons. The van der Waals surface area contributed by atoms with E-state index in [0.29, 0.717) is 5.92 Å². The maximum atomic E-state index is 14.5. The highest BCUT2D eigenvalue weighted by Gasteiger charge is 2.33. The van der Waals surface area contributed by atoms with Crippen molar-refractivity contribution >= 4 is 24.8 Å². The van der Waals surface area contributed by atoms with Crippen LogP contribution >= 0.6 is 24.8 Å². The average Bonchev–Trinajstić information content (AvgIpc) is 2.97. The highest BCUT2D eigenvalue weighted by Crippen LogP contribution is 2.40. The first-order valence-corrected chi connectivity index (χ1v) is 7.96. The maximum Gasteiger partial charge on any atom is 0.128 e. The van der Waals surface area contributed by atoms with E-state index in [0.717, 1.165) is 37.3 Å². The Bertz CT molecular complexity index is 458. The maximum absolute atomic E-state index is 14.5. The lowest BCUT2D eigenvalue weighted by Crippen LogP contribution is -2.46. The molecule has 1 atom stereocenters. The Hall–Kier alpha value is -0.350. The van der Waals surface area contributed by atoms with Crippen molar-refractivity contribution in [3.05, 3.63) is 35.1 Å². The van der Waals surface area contributed by atoms with Gasteiger partial charge in [-0.25, -0.2) is 4.39 Å². The summed E-state index contributed by atoms with van der Waals surface area (Å²) in [4.78, 5) is 2.50. The first kappa shape index (κ1) is 19.7. The summed E-state index contributed by atoms with van der Waals surface area (Å²) in [6.45, 7) is 6.08. The molecule has 0 bridgehead atoms. The minimum atomic E-state index is -0.0135. The second-order valence-electron chi connectivity index (χ2n) is 6.30. The highest BCUT2D eigenvalue weighted by molar-refractivity contribution is 5.85. The summed E-state index contributed by atoms with van der Waals surface area (Å²) in [6.07, 6.45) is 5.12. The summed E-state index contributed by atoms with van der Waals surface area (Å²) < 4.78 is 14.5. The van der Waals surface area contributed by atoms with Gasteiger partial charge < -0.3 is 5.32 Å². The van der Waals surface area contributed by atoms with Crippen molar-refractivity contribution in [2.75, 3.05) is 26.2 Å². The van der Waals surface area contributed by atoms with Gasteiger partial charge in [-0.3, -0.25) is 4.90 Å². The Balaban J connectivity index is 0.00000121. The number of halogens is 3. The van der Waals surface area contributed by atoms with Crippen LogP contribution in [0, 0.1) is 18.7 Å². The molecule has 3 rings (SSSR count). The third-order valence-corrected chi connectivity index (χ3v) is 4.87. The first-order chi connectivity index (χ1) is 9.75. The van der Waals surface area contributed by atoms with E-state index in [1.807, 2.05) is 13.0 Å². The van der Waals surface area contributed by atoms with E-state index in [-0.39, 0.29) is 36.7 Å². The normalized spacial score (nSPS) is 21.0. The molecular formula is C17H27Cl2FN2. The molecule has 1 aromatic carbocycles. The highest BCUT2D eigenvalue weighted by atomic mass is 35.5. The fraction of sp³-hybridized carbons (Fsp3) is 0.647. The van der Waals surface area contributed by atoms with Crippen LogP contribution in [0.5, 0.6) is 0 Å². The van der Waals surface area contributed by atoms with Crippen LogP contribution < -0.4 is 5.32 Å². The molecule has 22 heavy (non-hydrogen) atoms. The van der Waals surface area contributed by atoms with Gasteiger partial charge in [0.15, 0.2) is 0 Å². The molecule has 1 heterocycles. The van der Waals surface area contributed by atoms with Gasteiger partial charge in [-0.1, -0.05) is 25.0 Å². The lowest BCUT2D eigenvalue weighted by atomic mass is 9.89. The van der Waals surface area contributed by atoms with Crippen molar-refractivity contribution in [3.8, 4) is 0 Å². The average molecular weight is 349 g/mol. The minimum Gasteiger partial charge on any atom is -0.314 e. The monoisotopic (exact) mass is 348 g/mol. The molecular weight excluding hydrogens is 322 g/mol. The smallest absolute Gasteiger partial charge is 0.128 e. The molecule has 1 N–H and O–H groups in total. The molecule has 126 valence electrons. The Labute approximate surface area is 145 Å². The molecule has 1 saturated heterocycles. The SMILES string of the molecule is Cc1ccc([C@@H](C2CCCC2)N2CCNCC2)c(F)c1.Cl.Cl. The van der Waals surface area contributed by atoms with Crippen LogP contribution in [0.2, 0.25) is 0 Å². The quantitative estimate of drug-likeness (QED) is 0.883. The number of hydrogen-bond donors (Lipinski definition) is 1. The lowest BCUT2D eigenvalue weighted by Gasteiger charge is -2.38. The van der Waals surface area contributed by atoms with Gasteiger partial charge in [0.2, 0.25) is 0 Å². The van der Waals surface area contributed by atoms with E-state index in [4.69, 9.17) is 0 Å². The molecule has 1 aromatic rings. The third kappa shape index (κ3) is 4.35. The summed E-state index contributed by atoms with van der Waals surface area (Å²) in [5, 5.41) is 3.40. The Morgan fingerprint density at radius 2 is 1.77 bits per heavy atom. The molecule has 2 aliphatic rings. The molecule has 5 heteroatoms. The van der Waals surface area contributed by atoms with E-state index in [2.05, 4.69) is 16.3 Å². The number of hydrogen-bond acceptors (Lipinski definition) is 2. The lowest BCUT2D eigenvalue weighted by molar-refractivity contribution is 0.122. The second-order valence-corrected chi connectivity index (χ2v) is 6.30. The van der Waals surface area contributed by atoms with Gasteiger partial charge in [0, 0.05) is 37.8 Å². The predicted octanol–water partition coefficient (Wildman–Crippen LogP) is 4.11. The summed E-state index contributed by atoms with van der Waals surface area (Å²) in [5.41, 5.74) is 1.93. The van der Waals surface area contributed by atoms with Gasteiger partial charge in [0.25, 0.3) is 0 Å². The molecule has 1 aliphatic heterocycles. The largest absolute Gasteiger partial charge is 0.314 e. The van der Waals surface area contributed by atoms with E-state index < -0.39 is 0 Å². The zero-order valence-electron chi connectivity index (χ0n) is 13.2. The molecule has 0 spiro atoms. The topological polar surface area (TPSA) is 15.3 Å². The van der Waals surface area contributed by atoms with Crippen LogP contribution in [-0.4, -0.2) is 31.1 Å². The molecule has 0 amide bonds. The zero-order chi connectivity index (χ0) is 13.9. The van der Waals surface area contributed by atoms with E-state index in [1.54, 1.807) is 6.07 Å². The number of rotatable bonds is 3. The van der Waals surface area contributed by atoms with Crippen molar-refractivity contribution < 1.29 is 4.39 Å². The third-order valence-electron chi connectivity index (χ3n) is 4.87. The van der Waals surface area contributed by atoms with Gasteiger partial charge in [-0.05, 0) is 37.3 Å². The Morgan fingerprint density at radius 3 is 2.36 bits per heavy atom. The minimum absolute atomic E-state index is 0. The van der Waals surface area contributed by atoms with Crippen molar-refractivity contribution in [2.24, 2.45) is 5.92 Å². The number of piperazine rings is 1. The van der Waals surface area contributed by atoms with Gasteiger partial charge >= 0.3 is 0 Å². The zero-order valence-corrected chi connectivity index (χ0v) is 14.8.